The van der Waals surface area contributed by atoms with Crippen molar-refractivity contribution in [3.05, 3.63) is 40.7 Å². The highest BCUT2D eigenvalue weighted by atomic mass is 32.2. The van der Waals surface area contributed by atoms with Gasteiger partial charge in [-0.05, 0) is 79.5 Å². The van der Waals surface area contributed by atoms with Crippen LogP contribution < -0.4 is 10.0 Å². The fourth-order valence-electron chi connectivity index (χ4n) is 4.44. The summed E-state index contributed by atoms with van der Waals surface area (Å²) >= 11 is 0. The Morgan fingerprint density at radius 3 is 2.43 bits per heavy atom. The van der Waals surface area contributed by atoms with Crippen molar-refractivity contribution in [3.8, 4) is 0 Å². The van der Waals surface area contributed by atoms with Gasteiger partial charge in [-0.15, -0.1) is 0 Å². The number of anilines is 1. The van der Waals surface area contributed by atoms with Crippen molar-refractivity contribution >= 4 is 21.7 Å². The smallest absolute Gasteiger partial charge is 0.307 e. The van der Waals surface area contributed by atoms with Crippen LogP contribution in [0, 0.1) is 5.92 Å². The molecule has 5 rings (SSSR count). The molecule has 1 aromatic heterocycles. The number of carbonyl (C=O) groups is 1. The van der Waals surface area contributed by atoms with Gasteiger partial charge in [0.15, 0.2) is 0 Å². The Bertz CT molecular complexity index is 1020. The number of urea groups is 1. The highest BCUT2D eigenvalue weighted by molar-refractivity contribution is 7.90. The fourth-order valence-corrected chi connectivity index (χ4v) is 5.29. The molecule has 7 nitrogen and oxygen atoms in total. The molecule has 0 atom stereocenters. The van der Waals surface area contributed by atoms with Gasteiger partial charge in [0.25, 0.3) is 10.0 Å². The normalized spacial score (nSPS) is 18.0. The summed E-state index contributed by atoms with van der Waals surface area (Å²) in [7, 11) is -3.95. The molecule has 1 heterocycles. The lowest BCUT2D eigenvalue weighted by molar-refractivity contribution is 0.256. The quantitative estimate of drug-likeness (QED) is 0.807. The Labute approximate surface area is 164 Å². The van der Waals surface area contributed by atoms with Crippen molar-refractivity contribution in [1.29, 1.82) is 0 Å². The van der Waals surface area contributed by atoms with Gasteiger partial charge in [0.05, 0.1) is 6.20 Å². The second kappa shape index (κ2) is 6.62. The van der Waals surface area contributed by atoms with E-state index >= 15 is 0 Å². The molecule has 3 aliphatic carbocycles. The summed E-state index contributed by atoms with van der Waals surface area (Å²) in [6, 6.07) is 1.57. The highest BCUT2D eigenvalue weighted by Crippen LogP contribution is 2.38. The number of amides is 2. The number of hydrogen-bond acceptors (Lipinski definition) is 4. The summed E-state index contributed by atoms with van der Waals surface area (Å²) in [5, 5.41) is 6.98. The number of nitrogens with zero attached hydrogens (tertiary/aromatic N) is 2. The van der Waals surface area contributed by atoms with E-state index in [2.05, 4.69) is 21.2 Å². The first-order valence-corrected chi connectivity index (χ1v) is 11.5. The summed E-state index contributed by atoms with van der Waals surface area (Å²) in [5.41, 5.74) is 5.76. The number of benzene rings is 1. The van der Waals surface area contributed by atoms with Crippen LogP contribution in [-0.4, -0.2) is 24.2 Å². The molecule has 1 fully saturated rings. The van der Waals surface area contributed by atoms with Crippen LogP contribution in [0.2, 0.25) is 0 Å². The maximum Gasteiger partial charge on any atom is 0.333 e. The van der Waals surface area contributed by atoms with Crippen LogP contribution in [0.15, 0.2) is 23.4 Å². The third-order valence-corrected chi connectivity index (χ3v) is 7.29. The summed E-state index contributed by atoms with van der Waals surface area (Å²) in [6.07, 6.45) is 11.2. The molecule has 0 unspecified atom stereocenters. The van der Waals surface area contributed by atoms with Gasteiger partial charge < -0.3 is 5.32 Å². The molecular formula is C20H24N4O3S. The molecule has 3 aliphatic rings. The predicted octanol–water partition coefficient (Wildman–Crippen LogP) is 2.78. The van der Waals surface area contributed by atoms with Crippen molar-refractivity contribution in [2.45, 2.75) is 62.8 Å². The molecule has 1 saturated carbocycles. The molecule has 28 heavy (non-hydrogen) atoms. The van der Waals surface area contributed by atoms with E-state index in [0.717, 1.165) is 63.6 Å². The van der Waals surface area contributed by atoms with E-state index in [1.807, 2.05) is 0 Å². The first-order chi connectivity index (χ1) is 13.5. The summed E-state index contributed by atoms with van der Waals surface area (Å²) in [6.45, 7) is 0.726. The van der Waals surface area contributed by atoms with E-state index in [0.29, 0.717) is 5.92 Å². The lowest BCUT2D eigenvalue weighted by atomic mass is 9.99. The predicted molar refractivity (Wildman–Crippen MR) is 105 cm³/mol. The third kappa shape index (κ3) is 3.30. The first-order valence-electron chi connectivity index (χ1n) is 10.0. The van der Waals surface area contributed by atoms with E-state index in [-0.39, 0.29) is 4.90 Å². The van der Waals surface area contributed by atoms with Crippen LogP contribution in [0.25, 0.3) is 0 Å². The van der Waals surface area contributed by atoms with Crippen molar-refractivity contribution in [2.75, 3.05) is 5.32 Å². The summed E-state index contributed by atoms with van der Waals surface area (Å²) in [5.74, 6) is 0.592. The van der Waals surface area contributed by atoms with Crippen molar-refractivity contribution in [3.63, 3.8) is 0 Å². The van der Waals surface area contributed by atoms with E-state index in [4.69, 9.17) is 0 Å². The fraction of sp³-hybridized carbons (Fsp3) is 0.500. The molecule has 0 radical (unpaired) electrons. The van der Waals surface area contributed by atoms with Gasteiger partial charge in [0.1, 0.15) is 4.90 Å². The Morgan fingerprint density at radius 2 is 1.79 bits per heavy atom. The Kier molecular flexibility index (Phi) is 4.19. The SMILES string of the molecule is O=C(Nc1c2c(cc3c1CCC3)CCC2)NS(=O)(=O)c1cnn(CC2CC2)c1. The number of nitrogens with one attached hydrogen (secondary N) is 2. The van der Waals surface area contributed by atoms with Crippen LogP contribution in [0.3, 0.4) is 0 Å². The molecular weight excluding hydrogens is 376 g/mol. The van der Waals surface area contributed by atoms with Gasteiger partial charge in [-0.3, -0.25) is 4.68 Å². The van der Waals surface area contributed by atoms with Crippen LogP contribution in [0.4, 0.5) is 10.5 Å². The zero-order chi connectivity index (χ0) is 19.3. The topological polar surface area (TPSA) is 93.1 Å². The maximum atomic E-state index is 12.6. The maximum absolute atomic E-state index is 12.6. The second-order valence-electron chi connectivity index (χ2n) is 8.14. The monoisotopic (exact) mass is 400 g/mol. The van der Waals surface area contributed by atoms with Gasteiger partial charge in [0, 0.05) is 18.4 Å². The largest absolute Gasteiger partial charge is 0.333 e. The molecule has 8 heteroatoms. The van der Waals surface area contributed by atoms with Crippen LogP contribution in [0.1, 0.15) is 47.9 Å². The molecule has 0 saturated heterocycles. The minimum Gasteiger partial charge on any atom is -0.307 e. The number of sulfonamides is 1. The van der Waals surface area contributed by atoms with E-state index in [1.165, 1.54) is 34.6 Å². The zero-order valence-electron chi connectivity index (χ0n) is 15.7. The molecule has 148 valence electrons. The lowest BCUT2D eigenvalue weighted by Crippen LogP contribution is -2.34. The van der Waals surface area contributed by atoms with Crippen LogP contribution >= 0.6 is 0 Å². The average molecular weight is 401 g/mol. The van der Waals surface area contributed by atoms with Crippen LogP contribution in [0.5, 0.6) is 0 Å². The number of fused-ring (bicyclic) bond motifs is 2. The van der Waals surface area contributed by atoms with E-state index in [9.17, 15) is 13.2 Å². The average Bonchev–Trinajstić information content (AvgIpc) is 3.06. The summed E-state index contributed by atoms with van der Waals surface area (Å²) < 4.78 is 29.0. The number of rotatable bonds is 5. The molecule has 1 aromatic carbocycles. The van der Waals surface area contributed by atoms with Crippen molar-refractivity contribution in [1.82, 2.24) is 14.5 Å². The molecule has 0 aliphatic heterocycles. The molecule has 2 N–H and O–H groups in total. The minimum absolute atomic E-state index is 0.0202. The Morgan fingerprint density at radius 1 is 1.11 bits per heavy atom. The Hall–Kier alpha value is -2.35. The molecule has 2 amide bonds. The molecule has 0 bridgehead atoms. The third-order valence-electron chi connectivity index (χ3n) is 6.00. The zero-order valence-corrected chi connectivity index (χ0v) is 16.5. The number of aromatic nitrogens is 2. The first kappa shape index (κ1) is 17.7. The van der Waals surface area contributed by atoms with Gasteiger partial charge >= 0.3 is 6.03 Å². The molecule has 0 spiro atoms. The number of carbonyl (C=O) groups excluding carboxylic acids is 1. The lowest BCUT2D eigenvalue weighted by Gasteiger charge is -2.16. The number of hydrogen-bond donors (Lipinski definition) is 2. The van der Waals surface area contributed by atoms with Gasteiger partial charge in [0.2, 0.25) is 0 Å². The van der Waals surface area contributed by atoms with Crippen molar-refractivity contribution < 1.29 is 13.2 Å². The molecule has 2 aromatic rings. The van der Waals surface area contributed by atoms with Gasteiger partial charge in [-0.2, -0.15) is 5.10 Å². The minimum atomic E-state index is -3.95. The van der Waals surface area contributed by atoms with Gasteiger partial charge in [-0.1, -0.05) is 6.07 Å². The van der Waals surface area contributed by atoms with Crippen LogP contribution in [-0.2, 0) is 42.3 Å². The highest BCUT2D eigenvalue weighted by Gasteiger charge is 2.27. The van der Waals surface area contributed by atoms with Gasteiger partial charge in [-0.25, -0.2) is 17.9 Å². The Balaban J connectivity index is 1.34. The van der Waals surface area contributed by atoms with E-state index < -0.39 is 16.1 Å². The van der Waals surface area contributed by atoms with E-state index in [1.54, 1.807) is 4.68 Å². The van der Waals surface area contributed by atoms with Crippen molar-refractivity contribution in [2.24, 2.45) is 5.92 Å². The standard InChI is InChI=1S/C20H24N4O3S/c25-20(23-28(26,27)16-10-21-24(12-16)11-13-7-8-13)22-19-17-5-1-3-14(17)9-15-4-2-6-18(15)19/h9-10,12-13H,1-8,11H2,(H2,22,23,25). The second-order valence-corrected chi connectivity index (χ2v) is 9.82. The number of aryl methyl sites for hydroxylation is 2. The summed E-state index contributed by atoms with van der Waals surface area (Å²) in [4.78, 5) is 12.6.